The van der Waals surface area contributed by atoms with Crippen molar-refractivity contribution in [2.24, 2.45) is 23.2 Å². The van der Waals surface area contributed by atoms with Crippen LogP contribution in [0.1, 0.15) is 33.6 Å². The highest BCUT2D eigenvalue weighted by Crippen LogP contribution is 2.64. The molecule has 0 aromatic carbocycles. The first-order valence-corrected chi connectivity index (χ1v) is 5.84. The van der Waals surface area contributed by atoms with Crippen molar-refractivity contribution in [1.82, 2.24) is 0 Å². The molecule has 2 bridgehead atoms. The Morgan fingerprint density at radius 1 is 1.14 bits per heavy atom. The summed E-state index contributed by atoms with van der Waals surface area (Å²) in [6, 6.07) is 0. The predicted octanol–water partition coefficient (Wildman–Crippen LogP) is 2.43. The summed E-state index contributed by atoms with van der Waals surface area (Å²) in [6.07, 6.45) is 2.45. The molecular weight excluding hydrogens is 176 g/mol. The van der Waals surface area contributed by atoms with Crippen LogP contribution in [0.2, 0.25) is 0 Å². The average Bonchev–Trinajstić information content (AvgIpc) is 2.77. The number of ether oxygens (including phenoxy) is 2. The molecule has 1 aliphatic heterocycles. The fraction of sp³-hybridized carbons (Fsp3) is 1.00. The highest BCUT2D eigenvalue weighted by Gasteiger charge is 2.64. The highest BCUT2D eigenvalue weighted by molar-refractivity contribution is 5.09. The second-order valence-electron chi connectivity index (χ2n) is 5.86. The fourth-order valence-electron chi connectivity index (χ4n) is 3.91. The van der Waals surface area contributed by atoms with Gasteiger partial charge >= 0.3 is 0 Å². The van der Waals surface area contributed by atoms with Gasteiger partial charge in [0, 0.05) is 12.3 Å². The third-order valence-corrected chi connectivity index (χ3v) is 5.24. The lowest BCUT2D eigenvalue weighted by atomic mass is 9.67. The molecule has 80 valence electrons. The molecule has 2 saturated carbocycles. The highest BCUT2D eigenvalue weighted by atomic mass is 16.7. The molecule has 0 aromatic heterocycles. The van der Waals surface area contributed by atoms with Crippen LogP contribution >= 0.6 is 0 Å². The van der Waals surface area contributed by atoms with Crippen LogP contribution in [0.5, 0.6) is 0 Å². The average molecular weight is 196 g/mol. The van der Waals surface area contributed by atoms with Crippen molar-refractivity contribution in [1.29, 1.82) is 0 Å². The van der Waals surface area contributed by atoms with Crippen molar-refractivity contribution in [2.45, 2.75) is 39.4 Å². The fourth-order valence-corrected chi connectivity index (χ4v) is 3.91. The smallest absolute Gasteiger partial charge is 0.171 e. The summed E-state index contributed by atoms with van der Waals surface area (Å²) < 4.78 is 11.8. The molecule has 2 heteroatoms. The third-order valence-electron chi connectivity index (χ3n) is 5.24. The van der Waals surface area contributed by atoms with Crippen molar-refractivity contribution < 1.29 is 9.47 Å². The van der Waals surface area contributed by atoms with Crippen LogP contribution in [-0.4, -0.2) is 19.0 Å². The van der Waals surface area contributed by atoms with Crippen molar-refractivity contribution in [3.63, 3.8) is 0 Å². The van der Waals surface area contributed by atoms with E-state index in [1.165, 1.54) is 6.42 Å². The Morgan fingerprint density at radius 2 is 1.79 bits per heavy atom. The lowest BCUT2D eigenvalue weighted by Gasteiger charge is -2.44. The minimum atomic E-state index is -0.167. The number of hydrogen-bond acceptors (Lipinski definition) is 2. The molecule has 1 heterocycles. The van der Waals surface area contributed by atoms with E-state index in [0.29, 0.717) is 11.3 Å². The topological polar surface area (TPSA) is 18.5 Å². The molecule has 0 radical (unpaired) electrons. The summed E-state index contributed by atoms with van der Waals surface area (Å²) in [5.74, 6) is 2.02. The zero-order valence-electron chi connectivity index (χ0n) is 9.38. The summed E-state index contributed by atoms with van der Waals surface area (Å²) in [7, 11) is 0. The number of hydrogen-bond donors (Lipinski definition) is 0. The van der Waals surface area contributed by atoms with E-state index in [2.05, 4.69) is 20.8 Å². The number of fused-ring (bicyclic) bond motifs is 3. The molecule has 3 unspecified atom stereocenters. The van der Waals surface area contributed by atoms with Gasteiger partial charge in [0.05, 0.1) is 13.2 Å². The molecule has 0 aromatic rings. The predicted molar refractivity (Wildman–Crippen MR) is 53.8 cm³/mol. The van der Waals surface area contributed by atoms with E-state index in [1.54, 1.807) is 0 Å². The minimum Gasteiger partial charge on any atom is -0.347 e. The van der Waals surface area contributed by atoms with Crippen molar-refractivity contribution in [3.8, 4) is 0 Å². The lowest BCUT2D eigenvalue weighted by Crippen LogP contribution is -2.45. The molecule has 3 atom stereocenters. The van der Waals surface area contributed by atoms with Gasteiger partial charge in [-0.15, -0.1) is 0 Å². The van der Waals surface area contributed by atoms with Gasteiger partial charge in [-0.3, -0.25) is 0 Å². The van der Waals surface area contributed by atoms with E-state index >= 15 is 0 Å². The molecule has 14 heavy (non-hydrogen) atoms. The summed E-state index contributed by atoms with van der Waals surface area (Å²) in [4.78, 5) is 0. The van der Waals surface area contributed by atoms with E-state index in [4.69, 9.17) is 9.47 Å². The first-order chi connectivity index (χ1) is 6.56. The van der Waals surface area contributed by atoms with Gasteiger partial charge < -0.3 is 9.47 Å². The van der Waals surface area contributed by atoms with Crippen LogP contribution in [-0.2, 0) is 9.47 Å². The molecule has 2 nitrogen and oxygen atoms in total. The number of rotatable bonds is 0. The quantitative estimate of drug-likeness (QED) is 0.592. The van der Waals surface area contributed by atoms with E-state index in [9.17, 15) is 0 Å². The van der Waals surface area contributed by atoms with E-state index in [1.807, 2.05) is 0 Å². The van der Waals surface area contributed by atoms with Crippen molar-refractivity contribution in [3.05, 3.63) is 0 Å². The van der Waals surface area contributed by atoms with E-state index < -0.39 is 0 Å². The van der Waals surface area contributed by atoms with E-state index in [0.717, 1.165) is 31.5 Å². The zero-order chi connectivity index (χ0) is 9.97. The first-order valence-electron chi connectivity index (χ1n) is 5.84. The Bertz CT molecular complexity index is 249. The Morgan fingerprint density at radius 3 is 2.29 bits per heavy atom. The van der Waals surface area contributed by atoms with Gasteiger partial charge in [-0.2, -0.15) is 0 Å². The van der Waals surface area contributed by atoms with Gasteiger partial charge in [-0.25, -0.2) is 0 Å². The van der Waals surface area contributed by atoms with Crippen LogP contribution in [0.4, 0.5) is 0 Å². The molecule has 2 aliphatic carbocycles. The van der Waals surface area contributed by atoms with Gasteiger partial charge in [0.25, 0.3) is 0 Å². The molecule has 3 fully saturated rings. The second-order valence-corrected chi connectivity index (χ2v) is 5.86. The third kappa shape index (κ3) is 0.892. The molecule has 1 spiro atoms. The monoisotopic (exact) mass is 196 g/mol. The first kappa shape index (κ1) is 9.17. The Labute approximate surface area is 86.0 Å². The van der Waals surface area contributed by atoms with Gasteiger partial charge in [0.1, 0.15) is 0 Å². The van der Waals surface area contributed by atoms with Gasteiger partial charge in [0.15, 0.2) is 5.79 Å². The maximum Gasteiger partial charge on any atom is 0.171 e. The Balaban J connectivity index is 1.92. The second kappa shape index (κ2) is 2.53. The molecule has 1 saturated heterocycles. The standard InChI is InChI=1S/C12H20O2/c1-8-10-6-9(11(8,2)3)7-12(10)13-4-5-14-12/h8-10H,4-7H2,1-3H3. The van der Waals surface area contributed by atoms with Gasteiger partial charge in [0.2, 0.25) is 0 Å². The van der Waals surface area contributed by atoms with Gasteiger partial charge in [-0.05, 0) is 23.7 Å². The Hall–Kier alpha value is -0.0800. The van der Waals surface area contributed by atoms with Crippen LogP contribution < -0.4 is 0 Å². The molecule has 3 rings (SSSR count). The Kier molecular flexibility index (Phi) is 1.66. The lowest BCUT2D eigenvalue weighted by molar-refractivity contribution is -0.214. The minimum absolute atomic E-state index is 0.167. The summed E-state index contributed by atoms with van der Waals surface area (Å²) in [5.41, 5.74) is 0.491. The zero-order valence-corrected chi connectivity index (χ0v) is 9.38. The summed E-state index contributed by atoms with van der Waals surface area (Å²) in [6.45, 7) is 8.79. The van der Waals surface area contributed by atoms with Crippen LogP contribution in [0.25, 0.3) is 0 Å². The van der Waals surface area contributed by atoms with Crippen molar-refractivity contribution >= 4 is 0 Å². The molecular formula is C12H20O2. The summed E-state index contributed by atoms with van der Waals surface area (Å²) >= 11 is 0. The summed E-state index contributed by atoms with van der Waals surface area (Å²) in [5, 5.41) is 0. The molecule has 0 amide bonds. The van der Waals surface area contributed by atoms with Crippen LogP contribution in [0.3, 0.4) is 0 Å². The largest absolute Gasteiger partial charge is 0.347 e. The van der Waals surface area contributed by atoms with E-state index in [-0.39, 0.29) is 5.79 Å². The van der Waals surface area contributed by atoms with Crippen molar-refractivity contribution in [2.75, 3.05) is 13.2 Å². The van der Waals surface area contributed by atoms with Crippen LogP contribution in [0.15, 0.2) is 0 Å². The van der Waals surface area contributed by atoms with Crippen LogP contribution in [0, 0.1) is 23.2 Å². The maximum absolute atomic E-state index is 5.88. The molecule has 0 N–H and O–H groups in total. The normalized spacial score (nSPS) is 47.8. The SMILES string of the molecule is CC1C2CC(CC23OCCO3)C1(C)C. The van der Waals surface area contributed by atoms with Gasteiger partial charge in [-0.1, -0.05) is 20.8 Å². The molecule has 3 aliphatic rings. The maximum atomic E-state index is 5.88.